The molecule has 1 aromatic rings. The van der Waals surface area contributed by atoms with Gasteiger partial charge in [0.25, 0.3) is 0 Å². The predicted molar refractivity (Wildman–Crippen MR) is 135 cm³/mol. The molecular formula is C25H36N6O5. The van der Waals surface area contributed by atoms with E-state index in [0.29, 0.717) is 45.2 Å². The third-order valence-electron chi connectivity index (χ3n) is 7.37. The van der Waals surface area contributed by atoms with Crippen LogP contribution in [0.2, 0.25) is 0 Å². The molecule has 3 saturated heterocycles. The van der Waals surface area contributed by atoms with Crippen LogP contribution < -0.4 is 20.9 Å². The summed E-state index contributed by atoms with van der Waals surface area (Å²) in [5.41, 5.74) is 7.12. The van der Waals surface area contributed by atoms with Crippen molar-refractivity contribution in [2.45, 2.75) is 44.2 Å². The largest absolute Gasteiger partial charge is 0.446 e. The number of piperazine rings is 1. The Morgan fingerprint density at radius 1 is 1.08 bits per heavy atom. The van der Waals surface area contributed by atoms with Crippen LogP contribution in [0.15, 0.2) is 24.3 Å². The topological polar surface area (TPSA) is 129 Å². The number of amides is 4. The molecule has 4 amide bonds. The van der Waals surface area contributed by atoms with Gasteiger partial charge in [-0.3, -0.25) is 24.6 Å². The van der Waals surface area contributed by atoms with Crippen molar-refractivity contribution in [3.05, 3.63) is 24.3 Å². The van der Waals surface area contributed by atoms with E-state index in [-0.39, 0.29) is 29.9 Å². The van der Waals surface area contributed by atoms with Crippen molar-refractivity contribution < 1.29 is 23.9 Å². The van der Waals surface area contributed by atoms with Crippen molar-refractivity contribution in [3.8, 4) is 0 Å². The maximum atomic E-state index is 12.6. The van der Waals surface area contributed by atoms with Crippen LogP contribution >= 0.6 is 0 Å². The number of nitrogens with one attached hydrogen (secondary N) is 1. The number of hydrogen-bond acceptors (Lipinski definition) is 8. The first-order valence-electron chi connectivity index (χ1n) is 12.7. The third-order valence-corrected chi connectivity index (χ3v) is 7.37. The Bertz CT molecular complexity index is 971. The van der Waals surface area contributed by atoms with Gasteiger partial charge in [0.1, 0.15) is 12.1 Å². The minimum absolute atomic E-state index is 0.138. The maximum absolute atomic E-state index is 12.6. The Hall–Kier alpha value is -3.34. The lowest BCUT2D eigenvalue weighted by atomic mass is 10.0. The van der Waals surface area contributed by atoms with Gasteiger partial charge in [-0.25, -0.2) is 4.79 Å². The average molecular weight is 501 g/mol. The van der Waals surface area contributed by atoms with Crippen molar-refractivity contribution in [1.82, 2.24) is 15.1 Å². The van der Waals surface area contributed by atoms with Crippen LogP contribution in [-0.2, 0) is 19.1 Å². The van der Waals surface area contributed by atoms with Crippen molar-refractivity contribution in [1.29, 1.82) is 0 Å². The number of likely N-dealkylation sites (tertiary alicyclic amines) is 1. The summed E-state index contributed by atoms with van der Waals surface area (Å²) in [6, 6.07) is 7.79. The molecule has 1 unspecified atom stereocenters. The lowest BCUT2D eigenvalue weighted by Gasteiger charge is -2.37. The number of rotatable bonds is 7. The van der Waals surface area contributed by atoms with Gasteiger partial charge >= 0.3 is 6.09 Å². The van der Waals surface area contributed by atoms with Crippen LogP contribution in [0.3, 0.4) is 0 Å². The Kier molecular flexibility index (Phi) is 8.29. The number of likely N-dealkylation sites (N-methyl/N-ethyl adjacent to an activating group) is 1. The third kappa shape index (κ3) is 6.45. The van der Waals surface area contributed by atoms with Gasteiger partial charge < -0.3 is 25.2 Å². The van der Waals surface area contributed by atoms with Gasteiger partial charge in [0.2, 0.25) is 17.7 Å². The molecule has 3 aliphatic heterocycles. The highest BCUT2D eigenvalue weighted by Crippen LogP contribution is 2.26. The van der Waals surface area contributed by atoms with Gasteiger partial charge in [0.05, 0.1) is 0 Å². The molecule has 36 heavy (non-hydrogen) atoms. The number of nitrogens with zero attached hydrogens (tertiary/aromatic N) is 4. The Labute approximate surface area is 211 Å². The van der Waals surface area contributed by atoms with Crippen LogP contribution in [-0.4, -0.2) is 98.6 Å². The number of imide groups is 1. The Balaban J connectivity index is 1.22. The molecule has 0 saturated carbocycles. The van der Waals surface area contributed by atoms with Crippen LogP contribution in [0.4, 0.5) is 16.2 Å². The molecule has 3 aliphatic rings. The van der Waals surface area contributed by atoms with E-state index in [4.69, 9.17) is 10.5 Å². The van der Waals surface area contributed by atoms with E-state index in [2.05, 4.69) is 27.2 Å². The molecule has 1 aromatic carbocycles. The molecule has 3 N–H and O–H groups in total. The first-order valence-corrected chi connectivity index (χ1v) is 12.7. The summed E-state index contributed by atoms with van der Waals surface area (Å²) in [6.45, 7) is 5.36. The van der Waals surface area contributed by atoms with E-state index in [0.717, 1.165) is 44.1 Å². The number of benzene rings is 1. The highest BCUT2D eigenvalue weighted by molar-refractivity contribution is 6.01. The van der Waals surface area contributed by atoms with Crippen LogP contribution in [0.5, 0.6) is 0 Å². The second-order valence-electron chi connectivity index (χ2n) is 9.69. The summed E-state index contributed by atoms with van der Waals surface area (Å²) in [7, 11) is 1.89. The van der Waals surface area contributed by atoms with Gasteiger partial charge in [0.15, 0.2) is 0 Å². The fourth-order valence-corrected chi connectivity index (χ4v) is 5.17. The second kappa shape index (κ2) is 11.6. The number of ether oxygens (including phenoxy) is 1. The number of carbonyl (C=O) groups excluding carboxylic acids is 4. The van der Waals surface area contributed by atoms with Gasteiger partial charge in [0, 0.05) is 89.9 Å². The molecule has 11 heteroatoms. The molecule has 1 atom stereocenters. The summed E-state index contributed by atoms with van der Waals surface area (Å²) in [6.07, 6.45) is 1.66. The van der Waals surface area contributed by atoms with E-state index in [9.17, 15) is 19.2 Å². The zero-order chi connectivity index (χ0) is 25.7. The number of anilines is 2. The summed E-state index contributed by atoms with van der Waals surface area (Å²) in [5, 5.41) is 2.43. The number of piperidine rings is 2. The summed E-state index contributed by atoms with van der Waals surface area (Å²) >= 11 is 0. The molecule has 11 nitrogen and oxygen atoms in total. The minimum atomic E-state index is -0.757. The number of primary amides is 1. The van der Waals surface area contributed by atoms with E-state index in [1.807, 2.05) is 29.0 Å². The van der Waals surface area contributed by atoms with Gasteiger partial charge in [-0.2, -0.15) is 0 Å². The van der Waals surface area contributed by atoms with E-state index < -0.39 is 6.09 Å². The zero-order valence-corrected chi connectivity index (χ0v) is 20.9. The van der Waals surface area contributed by atoms with Crippen LogP contribution in [0.1, 0.15) is 32.1 Å². The SMILES string of the molecule is CN(c1cccc(N2CCN(CCC(=O)N3CCC(OC(N)=O)CC3)CC2)c1)C1CCC(=O)NC1=O. The highest BCUT2D eigenvalue weighted by Gasteiger charge is 2.30. The molecule has 0 bridgehead atoms. The predicted octanol–water partition coefficient (Wildman–Crippen LogP) is 0.526. The molecule has 0 aromatic heterocycles. The summed E-state index contributed by atoms with van der Waals surface area (Å²) < 4.78 is 5.04. The molecule has 3 heterocycles. The normalized spacial score (nSPS) is 21.8. The monoisotopic (exact) mass is 500 g/mol. The fourth-order valence-electron chi connectivity index (χ4n) is 5.17. The molecule has 0 radical (unpaired) electrons. The minimum Gasteiger partial charge on any atom is -0.446 e. The molecule has 0 aliphatic carbocycles. The quantitative estimate of drug-likeness (QED) is 0.519. The van der Waals surface area contributed by atoms with E-state index in [1.165, 1.54) is 0 Å². The Morgan fingerprint density at radius 3 is 2.47 bits per heavy atom. The molecule has 196 valence electrons. The van der Waals surface area contributed by atoms with Crippen molar-refractivity contribution in [3.63, 3.8) is 0 Å². The standard InChI is InChI=1S/C25H36N6O5/c1-28(21-5-6-22(32)27-24(21)34)18-3-2-4-19(17-18)30-15-13-29(14-16-30)10-9-23(33)31-11-7-20(8-12-31)36-25(26)35/h2-4,17,20-21H,5-16H2,1H3,(H2,26,35)(H,27,32,34). The van der Waals surface area contributed by atoms with E-state index >= 15 is 0 Å². The molecule has 4 rings (SSSR count). The van der Waals surface area contributed by atoms with Gasteiger partial charge in [-0.15, -0.1) is 0 Å². The lowest BCUT2D eigenvalue weighted by Crippen LogP contribution is -2.51. The highest BCUT2D eigenvalue weighted by atomic mass is 16.6. The summed E-state index contributed by atoms with van der Waals surface area (Å²) in [4.78, 5) is 55.7. The fraction of sp³-hybridized carbons (Fsp3) is 0.600. The van der Waals surface area contributed by atoms with Crippen molar-refractivity contribution in [2.75, 3.05) is 62.7 Å². The number of carbonyl (C=O) groups is 4. The van der Waals surface area contributed by atoms with Gasteiger partial charge in [-0.05, 0) is 24.6 Å². The lowest BCUT2D eigenvalue weighted by molar-refractivity contribution is -0.135. The maximum Gasteiger partial charge on any atom is 0.404 e. The molecule has 0 spiro atoms. The van der Waals surface area contributed by atoms with Crippen LogP contribution in [0.25, 0.3) is 0 Å². The Morgan fingerprint density at radius 2 is 1.81 bits per heavy atom. The van der Waals surface area contributed by atoms with Crippen molar-refractivity contribution in [2.24, 2.45) is 5.73 Å². The van der Waals surface area contributed by atoms with Crippen molar-refractivity contribution >= 4 is 35.2 Å². The zero-order valence-electron chi connectivity index (χ0n) is 20.9. The first-order chi connectivity index (χ1) is 17.3. The second-order valence-corrected chi connectivity index (χ2v) is 9.69. The molecule has 3 fully saturated rings. The van der Waals surface area contributed by atoms with Gasteiger partial charge in [-0.1, -0.05) is 6.07 Å². The smallest absolute Gasteiger partial charge is 0.404 e. The first kappa shape index (κ1) is 25.7. The number of nitrogens with two attached hydrogens (primary N) is 1. The van der Waals surface area contributed by atoms with E-state index in [1.54, 1.807) is 0 Å². The molecular weight excluding hydrogens is 464 g/mol. The van der Waals surface area contributed by atoms with Crippen LogP contribution in [0, 0.1) is 0 Å². The summed E-state index contributed by atoms with van der Waals surface area (Å²) in [5.74, 6) is -0.317. The average Bonchev–Trinajstić information content (AvgIpc) is 2.87. The number of hydrogen-bond donors (Lipinski definition) is 2.